The highest BCUT2D eigenvalue weighted by Crippen LogP contribution is 2.19. The Hall–Kier alpha value is -2.11. The molecule has 0 aliphatic carbocycles. The van der Waals surface area contributed by atoms with Gasteiger partial charge in [0.25, 0.3) is 0 Å². The minimum Gasteiger partial charge on any atom is -0.374 e. The van der Waals surface area contributed by atoms with Gasteiger partial charge in [0, 0.05) is 5.56 Å². The van der Waals surface area contributed by atoms with E-state index in [4.69, 9.17) is 0 Å². The molecule has 90 valence electrons. The van der Waals surface area contributed by atoms with Crippen LogP contribution in [0.5, 0.6) is 0 Å². The molecule has 0 saturated carbocycles. The van der Waals surface area contributed by atoms with Crippen LogP contribution in [0.3, 0.4) is 0 Å². The van der Waals surface area contributed by atoms with Crippen LogP contribution in [0.4, 0.5) is 4.39 Å². The third-order valence-corrected chi connectivity index (χ3v) is 2.63. The molecule has 0 bridgehead atoms. The SMILES string of the molecule is CC(O)(C#Cc1ccccc1)c1ccc(F)cc1. The summed E-state index contributed by atoms with van der Waals surface area (Å²) in [6.07, 6.45) is 0. The second kappa shape index (κ2) is 5.03. The molecule has 0 aliphatic heterocycles. The van der Waals surface area contributed by atoms with Crippen molar-refractivity contribution in [3.8, 4) is 11.8 Å². The average molecular weight is 240 g/mol. The van der Waals surface area contributed by atoms with Gasteiger partial charge in [-0.05, 0) is 36.8 Å². The maximum atomic E-state index is 12.8. The van der Waals surface area contributed by atoms with Gasteiger partial charge in [-0.15, -0.1) is 0 Å². The Labute approximate surface area is 106 Å². The molecule has 0 aliphatic rings. The largest absolute Gasteiger partial charge is 0.374 e. The van der Waals surface area contributed by atoms with Crippen LogP contribution >= 0.6 is 0 Å². The molecular weight excluding hydrogens is 227 g/mol. The molecule has 2 aromatic carbocycles. The van der Waals surface area contributed by atoms with Crippen molar-refractivity contribution in [1.29, 1.82) is 0 Å². The molecule has 1 nitrogen and oxygen atoms in total. The number of aliphatic hydroxyl groups is 1. The molecule has 1 unspecified atom stereocenters. The second-order valence-electron chi connectivity index (χ2n) is 4.20. The van der Waals surface area contributed by atoms with Gasteiger partial charge < -0.3 is 5.11 Å². The minimum absolute atomic E-state index is 0.328. The molecule has 0 amide bonds. The normalized spacial score (nSPS) is 13.3. The van der Waals surface area contributed by atoms with Gasteiger partial charge in [-0.25, -0.2) is 4.39 Å². The van der Waals surface area contributed by atoms with E-state index in [9.17, 15) is 9.50 Å². The van der Waals surface area contributed by atoms with Crippen LogP contribution in [0.25, 0.3) is 0 Å². The standard InChI is InChI=1S/C16H13FO/c1-16(18,14-7-9-15(17)10-8-14)12-11-13-5-3-2-4-6-13/h2-10,18H,1H3. The van der Waals surface area contributed by atoms with Gasteiger partial charge in [-0.3, -0.25) is 0 Å². The van der Waals surface area contributed by atoms with E-state index in [1.165, 1.54) is 24.3 Å². The van der Waals surface area contributed by atoms with E-state index in [0.717, 1.165) is 5.56 Å². The molecule has 18 heavy (non-hydrogen) atoms. The van der Waals surface area contributed by atoms with Crippen molar-refractivity contribution in [3.63, 3.8) is 0 Å². The number of rotatable bonds is 1. The van der Waals surface area contributed by atoms with Gasteiger partial charge in [0.15, 0.2) is 0 Å². The summed E-state index contributed by atoms with van der Waals surface area (Å²) in [7, 11) is 0. The van der Waals surface area contributed by atoms with Crippen LogP contribution in [0.15, 0.2) is 54.6 Å². The van der Waals surface area contributed by atoms with Crippen molar-refractivity contribution >= 4 is 0 Å². The summed E-state index contributed by atoms with van der Waals surface area (Å²) in [5.74, 6) is 5.37. The maximum absolute atomic E-state index is 12.8. The smallest absolute Gasteiger partial charge is 0.148 e. The fourth-order valence-electron chi connectivity index (χ4n) is 1.56. The van der Waals surface area contributed by atoms with Crippen molar-refractivity contribution in [2.24, 2.45) is 0 Å². The minimum atomic E-state index is -1.29. The zero-order valence-corrected chi connectivity index (χ0v) is 10.0. The maximum Gasteiger partial charge on any atom is 0.148 e. The summed E-state index contributed by atoms with van der Waals surface area (Å²) in [5, 5.41) is 10.2. The Kier molecular flexibility index (Phi) is 3.45. The second-order valence-corrected chi connectivity index (χ2v) is 4.20. The van der Waals surface area contributed by atoms with E-state index >= 15 is 0 Å². The van der Waals surface area contributed by atoms with E-state index in [1.54, 1.807) is 6.92 Å². The fourth-order valence-corrected chi connectivity index (χ4v) is 1.56. The van der Waals surface area contributed by atoms with Crippen LogP contribution in [0.1, 0.15) is 18.1 Å². The van der Waals surface area contributed by atoms with Crippen molar-refractivity contribution < 1.29 is 9.50 Å². The van der Waals surface area contributed by atoms with Crippen molar-refractivity contribution in [1.82, 2.24) is 0 Å². The predicted molar refractivity (Wildman–Crippen MR) is 69.3 cm³/mol. The van der Waals surface area contributed by atoms with Crippen LogP contribution in [0, 0.1) is 17.7 Å². The fraction of sp³-hybridized carbons (Fsp3) is 0.125. The summed E-state index contributed by atoms with van der Waals surface area (Å²) in [5.41, 5.74) is 0.121. The summed E-state index contributed by atoms with van der Waals surface area (Å²) < 4.78 is 12.8. The topological polar surface area (TPSA) is 20.2 Å². The Bertz CT molecular complexity index is 574. The molecular formula is C16H13FO. The van der Waals surface area contributed by atoms with Gasteiger partial charge in [-0.2, -0.15) is 0 Å². The van der Waals surface area contributed by atoms with E-state index in [2.05, 4.69) is 11.8 Å². The molecule has 0 heterocycles. The molecule has 2 heteroatoms. The lowest BCUT2D eigenvalue weighted by molar-refractivity contribution is 0.122. The first-order valence-corrected chi connectivity index (χ1v) is 5.64. The Morgan fingerprint density at radius 1 is 1.00 bits per heavy atom. The van der Waals surface area contributed by atoms with Crippen molar-refractivity contribution in [2.45, 2.75) is 12.5 Å². The third kappa shape index (κ3) is 2.97. The first-order chi connectivity index (χ1) is 8.58. The lowest BCUT2D eigenvalue weighted by atomic mass is 9.96. The van der Waals surface area contributed by atoms with Gasteiger partial charge >= 0.3 is 0 Å². The molecule has 1 N–H and O–H groups in total. The highest BCUT2D eigenvalue weighted by atomic mass is 19.1. The molecule has 2 rings (SSSR count). The van der Waals surface area contributed by atoms with E-state index in [0.29, 0.717) is 5.56 Å². The molecule has 0 saturated heterocycles. The van der Waals surface area contributed by atoms with Gasteiger partial charge in [0.2, 0.25) is 0 Å². The molecule has 2 aromatic rings. The van der Waals surface area contributed by atoms with Gasteiger partial charge in [0.1, 0.15) is 11.4 Å². The van der Waals surface area contributed by atoms with E-state index in [-0.39, 0.29) is 5.82 Å². The Morgan fingerprint density at radius 3 is 2.22 bits per heavy atom. The summed E-state index contributed by atoms with van der Waals surface area (Å²) in [6.45, 7) is 1.59. The number of benzene rings is 2. The molecule has 0 aromatic heterocycles. The molecule has 0 fully saturated rings. The van der Waals surface area contributed by atoms with Crippen LogP contribution in [-0.2, 0) is 5.60 Å². The summed E-state index contributed by atoms with van der Waals surface area (Å²) >= 11 is 0. The first kappa shape index (κ1) is 12.3. The quantitative estimate of drug-likeness (QED) is 0.759. The lowest BCUT2D eigenvalue weighted by Crippen LogP contribution is -2.18. The monoisotopic (exact) mass is 240 g/mol. The van der Waals surface area contributed by atoms with Crippen molar-refractivity contribution in [3.05, 3.63) is 71.5 Å². The summed E-state index contributed by atoms with van der Waals surface area (Å²) in [6, 6.07) is 15.1. The highest BCUT2D eigenvalue weighted by molar-refractivity contribution is 5.39. The Morgan fingerprint density at radius 2 is 1.61 bits per heavy atom. The summed E-state index contributed by atoms with van der Waals surface area (Å²) in [4.78, 5) is 0. The van der Waals surface area contributed by atoms with E-state index in [1.807, 2.05) is 30.3 Å². The highest BCUT2D eigenvalue weighted by Gasteiger charge is 2.19. The lowest BCUT2D eigenvalue weighted by Gasteiger charge is -2.16. The number of hydrogen-bond donors (Lipinski definition) is 1. The number of hydrogen-bond acceptors (Lipinski definition) is 1. The zero-order valence-electron chi connectivity index (χ0n) is 10.0. The molecule has 0 radical (unpaired) electrons. The Balaban J connectivity index is 2.27. The van der Waals surface area contributed by atoms with Crippen LogP contribution < -0.4 is 0 Å². The van der Waals surface area contributed by atoms with E-state index < -0.39 is 5.60 Å². The van der Waals surface area contributed by atoms with Crippen LogP contribution in [-0.4, -0.2) is 5.11 Å². The predicted octanol–water partition coefficient (Wildman–Crippen LogP) is 3.08. The van der Waals surface area contributed by atoms with Crippen LogP contribution in [0.2, 0.25) is 0 Å². The van der Waals surface area contributed by atoms with Crippen molar-refractivity contribution in [2.75, 3.05) is 0 Å². The third-order valence-electron chi connectivity index (χ3n) is 2.63. The van der Waals surface area contributed by atoms with Gasteiger partial charge in [-0.1, -0.05) is 42.2 Å². The first-order valence-electron chi connectivity index (χ1n) is 5.64. The zero-order chi connectivity index (χ0) is 13.0. The molecule has 1 atom stereocenters. The van der Waals surface area contributed by atoms with Gasteiger partial charge in [0.05, 0.1) is 0 Å². The average Bonchev–Trinajstić information content (AvgIpc) is 2.38. The molecule has 0 spiro atoms. The number of halogens is 1.